The molecule has 7 heteroatoms. The summed E-state index contributed by atoms with van der Waals surface area (Å²) in [5, 5.41) is 3.02. The van der Waals surface area contributed by atoms with Crippen molar-refractivity contribution in [3.63, 3.8) is 0 Å². The first-order valence-electron chi connectivity index (χ1n) is 7.96. The zero-order chi connectivity index (χ0) is 15.8. The average molecular weight is 317 g/mol. The zero-order valence-corrected chi connectivity index (χ0v) is 12.8. The van der Waals surface area contributed by atoms with Crippen LogP contribution in [0, 0.1) is 0 Å². The maximum absolute atomic E-state index is 12.6. The molecule has 1 aromatic rings. The first-order valence-corrected chi connectivity index (χ1v) is 7.96. The van der Waals surface area contributed by atoms with Crippen LogP contribution in [-0.4, -0.2) is 61.6 Å². The molecule has 0 radical (unpaired) electrons. The van der Waals surface area contributed by atoms with Gasteiger partial charge in [0.1, 0.15) is 11.5 Å². The molecule has 7 nitrogen and oxygen atoms in total. The Morgan fingerprint density at radius 1 is 1.13 bits per heavy atom. The molecule has 0 spiro atoms. The molecular formula is C16H19N3O4. The minimum atomic E-state index is -0.145. The number of rotatable bonds is 2. The van der Waals surface area contributed by atoms with Crippen molar-refractivity contribution in [3.8, 4) is 11.5 Å². The molecule has 1 saturated heterocycles. The fourth-order valence-corrected chi connectivity index (χ4v) is 3.33. The lowest BCUT2D eigenvalue weighted by atomic mass is 10.0. The Morgan fingerprint density at radius 3 is 2.70 bits per heavy atom. The third-order valence-corrected chi connectivity index (χ3v) is 4.63. The molecule has 1 aromatic carbocycles. The van der Waals surface area contributed by atoms with Crippen molar-refractivity contribution in [1.82, 2.24) is 9.80 Å². The van der Waals surface area contributed by atoms with E-state index in [1.54, 1.807) is 9.80 Å². The van der Waals surface area contributed by atoms with E-state index in [2.05, 4.69) is 5.32 Å². The lowest BCUT2D eigenvalue weighted by Gasteiger charge is -2.32. The fourth-order valence-electron chi connectivity index (χ4n) is 3.33. The predicted molar refractivity (Wildman–Crippen MR) is 83.1 cm³/mol. The number of nitrogens with one attached hydrogen (secondary N) is 1. The van der Waals surface area contributed by atoms with Gasteiger partial charge in [-0.3, -0.25) is 4.79 Å². The Morgan fingerprint density at radius 2 is 1.91 bits per heavy atom. The van der Waals surface area contributed by atoms with Crippen LogP contribution < -0.4 is 14.8 Å². The van der Waals surface area contributed by atoms with Crippen LogP contribution in [0.2, 0.25) is 0 Å². The lowest BCUT2D eigenvalue weighted by Crippen LogP contribution is -2.49. The number of piperazine rings is 1. The number of hydrogen-bond donors (Lipinski definition) is 1. The van der Waals surface area contributed by atoms with E-state index in [1.165, 1.54) is 0 Å². The van der Waals surface area contributed by atoms with Gasteiger partial charge in [-0.05, 0) is 6.07 Å². The van der Waals surface area contributed by atoms with E-state index in [0.29, 0.717) is 39.4 Å². The average Bonchev–Trinajstić information content (AvgIpc) is 3.23. The molecule has 0 saturated carbocycles. The Bertz CT molecular complexity index is 621. The Hall–Kier alpha value is -2.44. The van der Waals surface area contributed by atoms with Crippen LogP contribution in [0.5, 0.6) is 11.5 Å². The molecule has 0 aromatic heterocycles. The number of anilines is 1. The number of hydrogen-bond acceptors (Lipinski definition) is 4. The smallest absolute Gasteiger partial charge is 0.322 e. The van der Waals surface area contributed by atoms with Gasteiger partial charge in [0, 0.05) is 50.1 Å². The molecule has 3 aliphatic heterocycles. The minimum absolute atomic E-state index is 0.145. The molecule has 0 aliphatic carbocycles. The molecule has 0 unspecified atom stereocenters. The topological polar surface area (TPSA) is 71.1 Å². The van der Waals surface area contributed by atoms with Crippen molar-refractivity contribution >= 4 is 18.1 Å². The van der Waals surface area contributed by atoms with Crippen molar-refractivity contribution in [2.75, 3.05) is 44.7 Å². The van der Waals surface area contributed by atoms with Gasteiger partial charge in [-0.15, -0.1) is 0 Å². The standard InChI is InChI=1S/C16H19N3O4/c20-10-18-3-5-19(6-4-18)16(21)17-14-12-2-8-22-13(12)9-11-1-7-23-15(11)14/h9-10H,1-8H2,(H,17,21). The van der Waals surface area contributed by atoms with Gasteiger partial charge in [-0.2, -0.15) is 0 Å². The van der Waals surface area contributed by atoms with Crippen molar-refractivity contribution < 1.29 is 19.1 Å². The van der Waals surface area contributed by atoms with E-state index < -0.39 is 0 Å². The summed E-state index contributed by atoms with van der Waals surface area (Å²) in [5.41, 5.74) is 2.87. The highest BCUT2D eigenvalue weighted by Gasteiger charge is 2.29. The van der Waals surface area contributed by atoms with E-state index in [4.69, 9.17) is 9.47 Å². The molecule has 3 amide bonds. The van der Waals surface area contributed by atoms with E-state index >= 15 is 0 Å². The quantitative estimate of drug-likeness (QED) is 0.822. The third-order valence-electron chi connectivity index (χ3n) is 4.63. The highest BCUT2D eigenvalue weighted by atomic mass is 16.5. The maximum Gasteiger partial charge on any atom is 0.322 e. The van der Waals surface area contributed by atoms with Gasteiger partial charge in [0.25, 0.3) is 0 Å². The van der Waals surface area contributed by atoms with Crippen molar-refractivity contribution in [3.05, 3.63) is 17.2 Å². The van der Waals surface area contributed by atoms with Crippen molar-refractivity contribution in [2.45, 2.75) is 12.8 Å². The predicted octanol–water partition coefficient (Wildman–Crippen LogP) is 0.862. The Labute approximate surface area is 134 Å². The van der Waals surface area contributed by atoms with Crippen LogP contribution in [0.3, 0.4) is 0 Å². The summed E-state index contributed by atoms with van der Waals surface area (Å²) < 4.78 is 11.4. The van der Waals surface area contributed by atoms with Crippen LogP contribution in [0.15, 0.2) is 6.07 Å². The first kappa shape index (κ1) is 14.2. The Balaban J connectivity index is 1.55. The molecular weight excluding hydrogens is 298 g/mol. The van der Waals surface area contributed by atoms with Crippen LogP contribution in [-0.2, 0) is 17.6 Å². The molecule has 1 fully saturated rings. The second-order valence-electron chi connectivity index (χ2n) is 5.97. The first-order chi connectivity index (χ1) is 11.3. The van der Waals surface area contributed by atoms with Crippen molar-refractivity contribution in [2.24, 2.45) is 0 Å². The van der Waals surface area contributed by atoms with Crippen LogP contribution in [0.1, 0.15) is 11.1 Å². The van der Waals surface area contributed by atoms with Gasteiger partial charge in [0.05, 0.1) is 18.9 Å². The second-order valence-corrected chi connectivity index (χ2v) is 5.97. The monoisotopic (exact) mass is 317 g/mol. The molecule has 3 aliphatic rings. The van der Waals surface area contributed by atoms with E-state index in [0.717, 1.165) is 47.6 Å². The normalized spacial score (nSPS) is 18.8. The highest BCUT2D eigenvalue weighted by molar-refractivity contribution is 5.93. The molecule has 23 heavy (non-hydrogen) atoms. The van der Waals surface area contributed by atoms with Gasteiger partial charge in [-0.1, -0.05) is 0 Å². The highest BCUT2D eigenvalue weighted by Crippen LogP contribution is 2.44. The summed E-state index contributed by atoms with van der Waals surface area (Å²) in [6.45, 7) is 3.50. The number of benzene rings is 1. The van der Waals surface area contributed by atoms with Gasteiger partial charge >= 0.3 is 6.03 Å². The summed E-state index contributed by atoms with van der Waals surface area (Å²) in [5.74, 6) is 1.64. The largest absolute Gasteiger partial charge is 0.493 e. The lowest BCUT2D eigenvalue weighted by molar-refractivity contribution is -0.119. The Kier molecular flexibility index (Phi) is 3.48. The fraction of sp³-hybridized carbons (Fsp3) is 0.500. The summed E-state index contributed by atoms with van der Waals surface area (Å²) in [6.07, 6.45) is 2.45. The van der Waals surface area contributed by atoms with Gasteiger partial charge in [-0.25, -0.2) is 4.79 Å². The SMILES string of the molecule is O=CN1CCN(C(=O)Nc2c3c(cc4c2OCC4)OCC3)CC1. The maximum atomic E-state index is 12.6. The second kappa shape index (κ2) is 5.64. The van der Waals surface area contributed by atoms with Gasteiger partial charge in [0.15, 0.2) is 0 Å². The van der Waals surface area contributed by atoms with Gasteiger partial charge in [0.2, 0.25) is 6.41 Å². The molecule has 3 heterocycles. The number of carbonyl (C=O) groups is 2. The number of amides is 3. The number of urea groups is 1. The molecule has 0 atom stereocenters. The zero-order valence-electron chi connectivity index (χ0n) is 12.8. The summed E-state index contributed by atoms with van der Waals surface area (Å²) in [4.78, 5) is 26.7. The summed E-state index contributed by atoms with van der Waals surface area (Å²) in [6, 6.07) is 1.89. The molecule has 1 N–H and O–H groups in total. The van der Waals surface area contributed by atoms with E-state index in [9.17, 15) is 9.59 Å². The van der Waals surface area contributed by atoms with Crippen LogP contribution >= 0.6 is 0 Å². The number of fused-ring (bicyclic) bond motifs is 2. The molecule has 0 bridgehead atoms. The number of nitrogens with zero attached hydrogens (tertiary/aromatic N) is 2. The molecule has 4 rings (SSSR count). The summed E-state index contributed by atoms with van der Waals surface area (Å²) in [7, 11) is 0. The number of carbonyl (C=O) groups excluding carboxylic acids is 2. The number of ether oxygens (including phenoxy) is 2. The van der Waals surface area contributed by atoms with Crippen molar-refractivity contribution in [1.29, 1.82) is 0 Å². The minimum Gasteiger partial charge on any atom is -0.493 e. The molecule has 122 valence electrons. The third kappa shape index (κ3) is 2.46. The van der Waals surface area contributed by atoms with Gasteiger partial charge < -0.3 is 24.6 Å². The van der Waals surface area contributed by atoms with Crippen LogP contribution in [0.4, 0.5) is 10.5 Å². The van der Waals surface area contributed by atoms with Crippen LogP contribution in [0.25, 0.3) is 0 Å². The summed E-state index contributed by atoms with van der Waals surface area (Å²) >= 11 is 0. The van der Waals surface area contributed by atoms with E-state index in [1.807, 2.05) is 6.07 Å². The van der Waals surface area contributed by atoms with E-state index in [-0.39, 0.29) is 6.03 Å².